The van der Waals surface area contributed by atoms with E-state index in [2.05, 4.69) is 23.5 Å². The first-order chi connectivity index (χ1) is 9.74. The summed E-state index contributed by atoms with van der Waals surface area (Å²) in [5.74, 6) is 0.475. The Morgan fingerprint density at radius 2 is 2.35 bits per heavy atom. The van der Waals surface area contributed by atoms with Crippen molar-refractivity contribution in [1.82, 2.24) is 5.32 Å². The van der Waals surface area contributed by atoms with E-state index < -0.39 is 0 Å². The first kappa shape index (κ1) is 14.4. The zero-order valence-electron chi connectivity index (χ0n) is 11.1. The van der Waals surface area contributed by atoms with Crippen LogP contribution in [0, 0.1) is 5.82 Å². The second kappa shape index (κ2) is 6.98. The number of ether oxygens (including phenoxy) is 2. The summed E-state index contributed by atoms with van der Waals surface area (Å²) in [5, 5.41) is 3.17. The maximum atomic E-state index is 13.9. The third-order valence-corrected chi connectivity index (χ3v) is 2.86. The molecule has 0 saturated carbocycles. The zero-order valence-corrected chi connectivity index (χ0v) is 11.1. The summed E-state index contributed by atoms with van der Waals surface area (Å²) < 4.78 is 25.0. The summed E-state index contributed by atoms with van der Waals surface area (Å²) in [5.41, 5.74) is 0.469. The third-order valence-electron chi connectivity index (χ3n) is 2.86. The van der Waals surface area contributed by atoms with E-state index in [0.717, 1.165) is 6.54 Å². The highest BCUT2D eigenvalue weighted by atomic mass is 19.1. The van der Waals surface area contributed by atoms with Crippen LogP contribution in [-0.2, 0) is 4.74 Å². The summed E-state index contributed by atoms with van der Waals surface area (Å²) in [7, 11) is 0. The summed E-state index contributed by atoms with van der Waals surface area (Å²) in [6, 6.07) is 4.52. The molecule has 20 heavy (non-hydrogen) atoms. The van der Waals surface area contributed by atoms with Gasteiger partial charge in [-0.2, -0.15) is 0 Å². The molecule has 4 nitrogen and oxygen atoms in total. The number of nitrogens with zero attached hydrogens (tertiary/aromatic N) is 1. The van der Waals surface area contributed by atoms with E-state index in [0.29, 0.717) is 30.4 Å². The highest BCUT2D eigenvalue weighted by molar-refractivity contribution is 5.89. The molecular weight excluding hydrogens is 259 g/mol. The van der Waals surface area contributed by atoms with Crippen LogP contribution in [0.3, 0.4) is 0 Å². The van der Waals surface area contributed by atoms with E-state index in [9.17, 15) is 4.39 Å². The monoisotopic (exact) mass is 276 g/mol. The Morgan fingerprint density at radius 1 is 1.50 bits per heavy atom. The predicted molar refractivity (Wildman–Crippen MR) is 76.4 cm³/mol. The minimum absolute atomic E-state index is 0.306. The number of morpholine rings is 1. The van der Waals surface area contributed by atoms with E-state index >= 15 is 0 Å². The van der Waals surface area contributed by atoms with Gasteiger partial charge in [0.05, 0.1) is 12.7 Å². The van der Waals surface area contributed by atoms with Crippen molar-refractivity contribution in [3.05, 3.63) is 55.0 Å². The van der Waals surface area contributed by atoms with Crippen LogP contribution >= 0.6 is 0 Å². The molecule has 1 N–H and O–H groups in total. The van der Waals surface area contributed by atoms with Crippen LogP contribution in [0.1, 0.15) is 11.7 Å². The molecule has 1 aromatic carbocycles. The van der Waals surface area contributed by atoms with E-state index in [4.69, 9.17) is 9.47 Å². The van der Waals surface area contributed by atoms with Crippen molar-refractivity contribution in [2.45, 2.75) is 6.10 Å². The van der Waals surface area contributed by atoms with Crippen LogP contribution in [-0.4, -0.2) is 25.6 Å². The molecule has 1 unspecified atom stereocenters. The molecule has 1 fully saturated rings. The summed E-state index contributed by atoms with van der Waals surface area (Å²) >= 11 is 0. The number of halogens is 1. The first-order valence-electron chi connectivity index (χ1n) is 6.35. The van der Waals surface area contributed by atoms with Gasteiger partial charge < -0.3 is 14.8 Å². The smallest absolute Gasteiger partial charge is 0.218 e. The van der Waals surface area contributed by atoms with Crippen molar-refractivity contribution in [1.29, 1.82) is 0 Å². The molecule has 0 amide bonds. The summed E-state index contributed by atoms with van der Waals surface area (Å²) in [6.45, 7) is 9.00. The van der Waals surface area contributed by atoms with Gasteiger partial charge in [0.25, 0.3) is 0 Å². The lowest BCUT2D eigenvalue weighted by Gasteiger charge is -2.24. The number of rotatable bonds is 4. The number of nitrogens with one attached hydrogen (secondary N) is 1. The second-order valence-electron chi connectivity index (χ2n) is 4.20. The lowest BCUT2D eigenvalue weighted by Crippen LogP contribution is -2.33. The van der Waals surface area contributed by atoms with Crippen molar-refractivity contribution >= 4 is 5.90 Å². The summed E-state index contributed by atoms with van der Waals surface area (Å²) in [4.78, 5) is 3.91. The van der Waals surface area contributed by atoms with E-state index in [1.54, 1.807) is 6.07 Å². The van der Waals surface area contributed by atoms with Gasteiger partial charge in [-0.15, -0.1) is 0 Å². The highest BCUT2D eigenvalue weighted by Crippen LogP contribution is 2.26. The lowest BCUT2D eigenvalue weighted by atomic mass is 10.1. The molecule has 0 radical (unpaired) electrons. The van der Waals surface area contributed by atoms with E-state index in [1.807, 2.05) is 0 Å². The normalized spacial score (nSPS) is 19.4. The van der Waals surface area contributed by atoms with Gasteiger partial charge in [0, 0.05) is 24.9 Å². The molecule has 1 atom stereocenters. The predicted octanol–water partition coefficient (Wildman–Crippen LogP) is 2.59. The molecular formula is C15H17FN2O2. The molecule has 5 heteroatoms. The van der Waals surface area contributed by atoms with Crippen LogP contribution in [0.4, 0.5) is 4.39 Å². The van der Waals surface area contributed by atoms with E-state index in [1.165, 1.54) is 24.4 Å². The van der Waals surface area contributed by atoms with Crippen molar-refractivity contribution in [3.63, 3.8) is 0 Å². The van der Waals surface area contributed by atoms with E-state index in [-0.39, 0.29) is 11.9 Å². The molecule has 0 aromatic heterocycles. The minimum Gasteiger partial charge on any atom is -0.439 e. The van der Waals surface area contributed by atoms with Crippen LogP contribution in [0.25, 0.3) is 0 Å². The van der Waals surface area contributed by atoms with Gasteiger partial charge in [-0.05, 0) is 24.3 Å². The average molecular weight is 276 g/mol. The van der Waals surface area contributed by atoms with Gasteiger partial charge in [-0.1, -0.05) is 13.2 Å². The molecule has 1 saturated heterocycles. The number of hydrogen-bond donors (Lipinski definition) is 1. The molecule has 106 valence electrons. The fraction of sp³-hybridized carbons (Fsp3) is 0.267. The molecule has 1 aliphatic heterocycles. The van der Waals surface area contributed by atoms with Gasteiger partial charge in [-0.3, -0.25) is 0 Å². The molecule has 0 spiro atoms. The fourth-order valence-electron chi connectivity index (χ4n) is 1.93. The van der Waals surface area contributed by atoms with Crippen LogP contribution in [0.5, 0.6) is 5.75 Å². The highest BCUT2D eigenvalue weighted by Gasteiger charge is 2.20. The Bertz CT molecular complexity index is 523. The Labute approximate surface area is 117 Å². The maximum absolute atomic E-state index is 13.9. The Morgan fingerprint density at radius 3 is 3.00 bits per heavy atom. The Kier molecular flexibility index (Phi) is 5.03. The van der Waals surface area contributed by atoms with Crippen molar-refractivity contribution in [2.75, 3.05) is 19.7 Å². The maximum Gasteiger partial charge on any atom is 0.218 e. The lowest BCUT2D eigenvalue weighted by molar-refractivity contribution is 0.0254. The van der Waals surface area contributed by atoms with Gasteiger partial charge in [0.15, 0.2) is 0 Å². The number of hydrogen-bond acceptors (Lipinski definition) is 4. The van der Waals surface area contributed by atoms with Crippen molar-refractivity contribution < 1.29 is 13.9 Å². The molecule has 0 aliphatic carbocycles. The second-order valence-corrected chi connectivity index (χ2v) is 4.20. The van der Waals surface area contributed by atoms with Crippen molar-refractivity contribution in [3.8, 4) is 5.75 Å². The van der Waals surface area contributed by atoms with Gasteiger partial charge in [-0.25, -0.2) is 9.38 Å². The Balaban J connectivity index is 2.21. The average Bonchev–Trinajstić information content (AvgIpc) is 2.49. The fourth-order valence-corrected chi connectivity index (χ4v) is 1.93. The quantitative estimate of drug-likeness (QED) is 0.679. The van der Waals surface area contributed by atoms with Crippen molar-refractivity contribution in [2.24, 2.45) is 4.99 Å². The minimum atomic E-state index is -0.313. The number of aliphatic imine (C=N–C) groups is 1. The van der Waals surface area contributed by atoms with Gasteiger partial charge in [0.1, 0.15) is 11.6 Å². The summed E-state index contributed by atoms with van der Waals surface area (Å²) in [6.07, 6.45) is 2.51. The topological polar surface area (TPSA) is 42.8 Å². The molecule has 2 rings (SSSR count). The molecule has 1 heterocycles. The molecule has 1 aliphatic rings. The van der Waals surface area contributed by atoms with Gasteiger partial charge >= 0.3 is 0 Å². The van der Waals surface area contributed by atoms with Crippen LogP contribution in [0.15, 0.2) is 48.6 Å². The standard InChI is InChI=1S/C15H17FN2O2/c1-3-15(18-4-2)20-11-5-6-13(16)12(9-11)14-10-17-7-8-19-14/h3-6,9,14,17H,1-2,7-8,10H2. The Hall–Kier alpha value is -1.98. The molecule has 1 aromatic rings. The third kappa shape index (κ3) is 3.53. The molecule has 0 bridgehead atoms. The zero-order chi connectivity index (χ0) is 14.4. The van der Waals surface area contributed by atoms with Crippen LogP contribution < -0.4 is 10.1 Å². The number of benzene rings is 1. The largest absolute Gasteiger partial charge is 0.439 e. The first-order valence-corrected chi connectivity index (χ1v) is 6.35. The van der Waals surface area contributed by atoms with Crippen LogP contribution in [0.2, 0.25) is 0 Å². The SMILES string of the molecule is C=CN=C(C=C)Oc1ccc(F)c(C2CNCCO2)c1. The van der Waals surface area contributed by atoms with Gasteiger partial charge in [0.2, 0.25) is 5.90 Å².